The minimum absolute atomic E-state index is 0.0840. The Morgan fingerprint density at radius 3 is 2.04 bits per heavy atom. The van der Waals surface area contributed by atoms with Gasteiger partial charge in [-0.05, 0) is 67.3 Å². The summed E-state index contributed by atoms with van der Waals surface area (Å²) in [5.41, 5.74) is -0.250. The van der Waals surface area contributed by atoms with Crippen molar-refractivity contribution in [3.05, 3.63) is 118 Å². The topological polar surface area (TPSA) is 116 Å². The molecule has 0 spiro atoms. The van der Waals surface area contributed by atoms with Crippen molar-refractivity contribution in [1.82, 2.24) is 0 Å². The highest BCUT2D eigenvalue weighted by Crippen LogP contribution is 2.67. The number of amides is 4. The Bertz CT molecular complexity index is 2410. The van der Waals surface area contributed by atoms with Crippen molar-refractivity contribution in [3.8, 4) is 11.5 Å². The van der Waals surface area contributed by atoms with Gasteiger partial charge in [-0.2, -0.15) is 0 Å². The molecule has 2 saturated heterocycles. The summed E-state index contributed by atoms with van der Waals surface area (Å²) < 4.78 is 79.5. The Balaban J connectivity index is 1.26. The Kier molecular flexibility index (Phi) is 9.01. The van der Waals surface area contributed by atoms with E-state index in [9.17, 15) is 37.5 Å². The molecule has 9 nitrogen and oxygen atoms in total. The number of halogens is 8. The Labute approximate surface area is 332 Å². The van der Waals surface area contributed by atoms with Crippen LogP contribution in [0.1, 0.15) is 24.3 Å². The van der Waals surface area contributed by atoms with Crippen molar-refractivity contribution in [2.24, 2.45) is 17.8 Å². The third-order valence-electron chi connectivity index (χ3n) is 11.0. The number of allylic oxidation sites excluding steroid dienone is 2. The van der Waals surface area contributed by atoms with Gasteiger partial charge in [0.15, 0.2) is 44.5 Å². The van der Waals surface area contributed by atoms with Gasteiger partial charge in [0, 0.05) is 27.3 Å². The lowest BCUT2D eigenvalue weighted by molar-refractivity contribution is -0.125. The number of alkyl halides is 2. The second-order valence-electron chi connectivity index (χ2n) is 13.8. The van der Waals surface area contributed by atoms with Crippen LogP contribution in [0.25, 0.3) is 0 Å². The number of hydrogen-bond donors (Lipinski definition) is 2. The average molecular weight is 877 g/mol. The summed E-state index contributed by atoms with van der Waals surface area (Å²) in [6.45, 7) is 0. The molecule has 6 unspecified atom stereocenters. The smallest absolute Gasteiger partial charge is 0.258 e. The van der Waals surface area contributed by atoms with Crippen LogP contribution >= 0.6 is 39.1 Å². The number of aromatic hydroxyl groups is 1. The zero-order chi connectivity index (χ0) is 40.2. The predicted octanol–water partition coefficient (Wildman–Crippen LogP) is 8.37. The zero-order valence-electron chi connectivity index (χ0n) is 28.6. The van der Waals surface area contributed by atoms with Crippen LogP contribution in [0.2, 0.25) is 0 Å². The van der Waals surface area contributed by atoms with Gasteiger partial charge in [-0.15, -0.1) is 23.2 Å². The van der Waals surface area contributed by atoms with E-state index < -0.39 is 104 Å². The maximum absolute atomic E-state index is 15.3. The Morgan fingerprint density at radius 2 is 1.41 bits per heavy atom. The maximum Gasteiger partial charge on any atom is 0.258 e. The monoisotopic (exact) mass is 875 g/mol. The third kappa shape index (κ3) is 5.16. The van der Waals surface area contributed by atoms with E-state index >= 15 is 8.78 Å². The Morgan fingerprint density at radius 1 is 0.804 bits per heavy atom. The molecule has 4 amide bonds. The van der Waals surface area contributed by atoms with Gasteiger partial charge in [0.2, 0.25) is 17.6 Å². The van der Waals surface area contributed by atoms with Crippen LogP contribution in [0, 0.1) is 46.8 Å². The van der Waals surface area contributed by atoms with Crippen LogP contribution in [-0.4, -0.2) is 45.6 Å². The molecule has 3 fully saturated rings. The number of nitrogens with zero attached hydrogens (tertiary/aromatic N) is 2. The molecule has 4 aliphatic rings. The molecule has 4 aromatic carbocycles. The lowest BCUT2D eigenvalue weighted by Gasteiger charge is -2.50. The largest absolute Gasteiger partial charge is 0.504 e. The minimum Gasteiger partial charge on any atom is -0.504 e. The van der Waals surface area contributed by atoms with Gasteiger partial charge in [0.05, 0.1) is 24.6 Å². The highest BCUT2D eigenvalue weighted by molar-refractivity contribution is 9.10. The molecule has 0 radical (unpaired) electrons. The van der Waals surface area contributed by atoms with E-state index in [0.717, 1.165) is 10.6 Å². The number of anilines is 4. The number of benzene rings is 4. The van der Waals surface area contributed by atoms with Crippen LogP contribution in [-0.2, 0) is 19.2 Å². The van der Waals surface area contributed by atoms with Crippen molar-refractivity contribution in [2.75, 3.05) is 22.2 Å². The first-order chi connectivity index (χ1) is 26.6. The quantitative estimate of drug-likeness (QED) is 0.0500. The lowest BCUT2D eigenvalue weighted by Crippen LogP contribution is -2.60. The summed E-state index contributed by atoms with van der Waals surface area (Å²) in [5, 5.41) is 14.7. The highest BCUT2D eigenvalue weighted by atomic mass is 79.9. The number of phenols is 1. The molecule has 2 heterocycles. The number of imide groups is 2. The van der Waals surface area contributed by atoms with Crippen molar-refractivity contribution < 1.29 is 51.0 Å². The van der Waals surface area contributed by atoms with Crippen molar-refractivity contribution in [2.45, 2.75) is 28.5 Å². The summed E-state index contributed by atoms with van der Waals surface area (Å²) in [6.07, 6.45) is 0.750. The van der Waals surface area contributed by atoms with Gasteiger partial charge in [-0.1, -0.05) is 45.8 Å². The van der Waals surface area contributed by atoms with Crippen molar-refractivity contribution in [1.29, 1.82) is 0 Å². The normalized spacial score (nSPS) is 26.9. The number of para-hydroxylation sites is 1. The van der Waals surface area contributed by atoms with Crippen molar-refractivity contribution in [3.63, 3.8) is 0 Å². The molecule has 2 N–H and O–H groups in total. The first-order valence-corrected chi connectivity index (χ1v) is 18.5. The SMILES string of the molecule is COc1cc(Br)cc(C2C3=CCC4C(=O)N(c5ccc(Nc6ccccc6)cc5)C(=O)C4C3CC3(Cl)C(=O)N(c4c(F)c(F)c(F)c(F)c4F)C(=O)C23Cl)c1O. The summed E-state index contributed by atoms with van der Waals surface area (Å²) in [7, 11) is 1.22. The first-order valence-electron chi connectivity index (χ1n) is 16.9. The molecule has 1 saturated carbocycles. The second kappa shape index (κ2) is 13.3. The number of methoxy groups -OCH3 is 1. The van der Waals surface area contributed by atoms with E-state index in [4.69, 9.17) is 27.9 Å². The van der Waals surface area contributed by atoms with Gasteiger partial charge >= 0.3 is 0 Å². The van der Waals surface area contributed by atoms with Gasteiger partial charge in [-0.25, -0.2) is 26.9 Å². The number of fused-ring (bicyclic) bond motifs is 4. The second-order valence-corrected chi connectivity index (χ2v) is 15.9. The van der Waals surface area contributed by atoms with E-state index in [-0.39, 0.29) is 38.4 Å². The van der Waals surface area contributed by atoms with Crippen LogP contribution < -0.4 is 19.9 Å². The molecule has 288 valence electrons. The minimum atomic E-state index is -2.82. The van der Waals surface area contributed by atoms with Gasteiger partial charge in [0.25, 0.3) is 11.8 Å². The van der Waals surface area contributed by atoms with Gasteiger partial charge < -0.3 is 15.2 Å². The number of carbonyl (C=O) groups excluding carboxylic acids is 4. The van der Waals surface area contributed by atoms with Gasteiger partial charge in [0.1, 0.15) is 5.69 Å². The molecule has 56 heavy (non-hydrogen) atoms. The number of nitrogens with one attached hydrogen (secondary N) is 1. The molecule has 2 aliphatic heterocycles. The fourth-order valence-electron chi connectivity index (χ4n) is 8.52. The van der Waals surface area contributed by atoms with E-state index in [0.29, 0.717) is 5.69 Å². The van der Waals surface area contributed by atoms with Crippen molar-refractivity contribution >= 4 is 85.5 Å². The van der Waals surface area contributed by atoms with Gasteiger partial charge in [-0.3, -0.25) is 24.1 Å². The molecule has 4 aromatic rings. The molecule has 17 heteroatoms. The van der Waals surface area contributed by atoms with Crippen LogP contribution in [0.3, 0.4) is 0 Å². The van der Waals surface area contributed by atoms with E-state index in [2.05, 4.69) is 21.2 Å². The summed E-state index contributed by atoms with van der Waals surface area (Å²) >= 11 is 17.7. The van der Waals surface area contributed by atoms with E-state index in [1.807, 2.05) is 30.3 Å². The number of phenolic OH excluding ortho intramolecular Hbond substituents is 1. The Hall–Kier alpha value is -4.99. The standard InChI is InChI=1S/C39H25BrCl2F5N3O6/c1-56-24-14-16(40)13-22(33(24)51)26-20-11-12-21-25(35(53)49(34(21)52)19-9-7-18(8-10-19)48-17-5-3-2-4-6-17)23(20)15-38(41)36(54)50(37(55)39(26,38)42)32-30(46)28(44)27(43)29(45)31(32)47/h2-11,13-14,21,23,25-26,48,51H,12,15H2,1H3. The molecular weight excluding hydrogens is 852 g/mol. The van der Waals surface area contributed by atoms with Crippen LogP contribution in [0.4, 0.5) is 44.7 Å². The number of hydrogen-bond acceptors (Lipinski definition) is 7. The molecule has 0 bridgehead atoms. The van der Waals surface area contributed by atoms with E-state index in [1.165, 1.54) is 25.3 Å². The summed E-state index contributed by atoms with van der Waals surface area (Å²) in [6, 6.07) is 18.4. The summed E-state index contributed by atoms with van der Waals surface area (Å²) in [5.74, 6) is -22.9. The van der Waals surface area contributed by atoms with Crippen LogP contribution in [0.15, 0.2) is 82.9 Å². The molecule has 6 atom stereocenters. The number of carbonyl (C=O) groups is 4. The molecule has 0 aromatic heterocycles. The van der Waals surface area contributed by atoms with E-state index in [1.54, 1.807) is 24.3 Å². The lowest BCUT2D eigenvalue weighted by atomic mass is 9.56. The average Bonchev–Trinajstić information content (AvgIpc) is 3.52. The number of rotatable bonds is 6. The fourth-order valence-corrected chi connectivity index (χ4v) is 9.90. The molecule has 8 rings (SSSR count). The predicted molar refractivity (Wildman–Crippen MR) is 197 cm³/mol. The maximum atomic E-state index is 15.3. The molecule has 2 aliphatic carbocycles. The fraction of sp³-hybridized carbons (Fsp3) is 0.231. The van der Waals surface area contributed by atoms with Crippen LogP contribution in [0.5, 0.6) is 11.5 Å². The third-order valence-corrected chi connectivity index (χ3v) is 12.9. The number of ether oxygens (including phenoxy) is 1. The first kappa shape index (κ1) is 37.9. The molecular formula is C39H25BrCl2F5N3O6. The highest BCUT2D eigenvalue weighted by Gasteiger charge is 2.77. The summed E-state index contributed by atoms with van der Waals surface area (Å²) in [4.78, 5) is 52.7. The zero-order valence-corrected chi connectivity index (χ0v) is 31.7.